The van der Waals surface area contributed by atoms with Gasteiger partial charge in [0.25, 0.3) is 0 Å². The molecular formula is C51H77ClN2O7. The average Bonchev–Trinajstić information content (AvgIpc) is 3.48. The van der Waals surface area contributed by atoms with Crippen LogP contribution in [0.15, 0.2) is 35.4 Å². The molecule has 61 heavy (non-hydrogen) atoms. The van der Waals surface area contributed by atoms with Crippen LogP contribution in [0.4, 0.5) is 0 Å². The Balaban J connectivity index is 1.32. The lowest BCUT2D eigenvalue weighted by molar-refractivity contribution is -0.235. The number of hydrogen-bond acceptors (Lipinski definition) is 9. The predicted octanol–water partition coefficient (Wildman–Crippen LogP) is 9.51. The van der Waals surface area contributed by atoms with Crippen molar-refractivity contribution in [1.82, 2.24) is 9.80 Å². The highest BCUT2D eigenvalue weighted by molar-refractivity contribution is 6.30. The standard InChI is InChI=1S/C51H77ClN2O7/c1-32(2)44-37(57)27-51(42(60-33(3)56)30-54(26-25-53(11)12)29-34-13-15-35(52)16-14-34)24-23-49(9)36(45(44)51)17-18-39-48(8)21-20-41(47(6,7)38(48)19-22-50(39,49)10)61-43(59)28-46(4,5)40(58)31-55/h13-16,32,36,38-39,41-42,55H,17-31H2,1-12H3/t36-,38+,39-,41+,42+,48+,49-,50-,51+/m1/s1. The molecule has 0 aliphatic heterocycles. The number of aliphatic hydroxyl groups is 1. The second-order valence-corrected chi connectivity index (χ2v) is 23.0. The number of likely N-dealkylation sites (N-methyl/N-ethyl adjacent to an activating group) is 1. The maximum absolute atomic E-state index is 14.6. The van der Waals surface area contributed by atoms with Crippen LogP contribution in [0.1, 0.15) is 139 Å². The Morgan fingerprint density at radius 2 is 1.57 bits per heavy atom. The van der Waals surface area contributed by atoms with Crippen LogP contribution in [-0.2, 0) is 35.2 Å². The molecule has 10 heteroatoms. The van der Waals surface area contributed by atoms with Gasteiger partial charge in [0.1, 0.15) is 18.8 Å². The molecule has 5 aliphatic rings. The van der Waals surface area contributed by atoms with Gasteiger partial charge in [-0.2, -0.15) is 0 Å². The Morgan fingerprint density at radius 3 is 2.18 bits per heavy atom. The van der Waals surface area contributed by atoms with E-state index in [1.165, 1.54) is 12.5 Å². The number of allylic oxidation sites excluding steroid dienone is 1. The van der Waals surface area contributed by atoms with Crippen LogP contribution in [0.5, 0.6) is 0 Å². The van der Waals surface area contributed by atoms with Gasteiger partial charge in [-0.1, -0.05) is 86.0 Å². The molecule has 0 bridgehead atoms. The van der Waals surface area contributed by atoms with Crippen molar-refractivity contribution < 1.29 is 33.8 Å². The van der Waals surface area contributed by atoms with Crippen LogP contribution in [-0.4, -0.2) is 91.0 Å². The minimum Gasteiger partial charge on any atom is -0.462 e. The summed E-state index contributed by atoms with van der Waals surface area (Å²) < 4.78 is 12.8. The van der Waals surface area contributed by atoms with E-state index < -0.39 is 23.5 Å². The number of halogens is 1. The molecule has 1 aromatic carbocycles. The molecular weight excluding hydrogens is 788 g/mol. The monoisotopic (exact) mass is 865 g/mol. The first-order valence-electron chi connectivity index (χ1n) is 23.3. The largest absolute Gasteiger partial charge is 0.462 e. The van der Waals surface area contributed by atoms with Gasteiger partial charge in [-0.3, -0.25) is 24.1 Å². The highest BCUT2D eigenvalue weighted by atomic mass is 35.5. The number of carbonyl (C=O) groups is 4. The number of ketones is 2. The maximum atomic E-state index is 14.6. The Kier molecular flexibility index (Phi) is 13.7. The lowest BCUT2D eigenvalue weighted by atomic mass is 9.33. The summed E-state index contributed by atoms with van der Waals surface area (Å²) in [6, 6.07) is 7.99. The van der Waals surface area contributed by atoms with Crippen molar-refractivity contribution in [3.63, 3.8) is 0 Å². The molecule has 340 valence electrons. The van der Waals surface area contributed by atoms with Gasteiger partial charge in [-0.15, -0.1) is 0 Å². The molecule has 0 saturated heterocycles. The number of rotatable bonds is 15. The fourth-order valence-corrected chi connectivity index (χ4v) is 14.4. The first-order chi connectivity index (χ1) is 28.4. The summed E-state index contributed by atoms with van der Waals surface area (Å²) in [5, 5.41) is 10.2. The summed E-state index contributed by atoms with van der Waals surface area (Å²) in [7, 11) is 4.16. The van der Waals surface area contributed by atoms with E-state index in [1.54, 1.807) is 13.8 Å². The number of ether oxygens (including phenoxy) is 2. The number of benzene rings is 1. The fraction of sp³-hybridized carbons (Fsp3) is 0.765. The Morgan fingerprint density at radius 1 is 0.902 bits per heavy atom. The SMILES string of the molecule is CC(=O)O[C@@H](CN(CCN(C)C)Cc1ccc(Cl)cc1)[C@@]12CC[C@]3(C)[C@H](CC[C@@H]4[C@@]5(C)CC[C@H](OC(=O)CC(C)(C)C(=O)CO)C(C)(C)[C@@H]5CC[C@]43C)C1=C(C(C)C)C(=O)C2. The van der Waals surface area contributed by atoms with E-state index in [2.05, 4.69) is 84.5 Å². The van der Waals surface area contributed by atoms with Crippen LogP contribution in [0, 0.1) is 56.2 Å². The molecule has 0 heterocycles. The number of fused-ring (bicyclic) bond motifs is 7. The molecule has 1 aromatic rings. The number of esters is 2. The lowest BCUT2D eigenvalue weighted by Gasteiger charge is -2.72. The van der Waals surface area contributed by atoms with Gasteiger partial charge in [0.15, 0.2) is 11.6 Å². The van der Waals surface area contributed by atoms with Crippen molar-refractivity contribution in [3.8, 4) is 0 Å². The number of nitrogens with zero attached hydrogens (tertiary/aromatic N) is 2. The Bertz CT molecular complexity index is 1870. The van der Waals surface area contributed by atoms with Gasteiger partial charge in [0, 0.05) is 60.8 Å². The van der Waals surface area contributed by atoms with Crippen molar-refractivity contribution in [2.45, 2.75) is 152 Å². The predicted molar refractivity (Wildman–Crippen MR) is 241 cm³/mol. The van der Waals surface area contributed by atoms with E-state index >= 15 is 0 Å². The minimum absolute atomic E-state index is 0.00554. The third kappa shape index (κ3) is 8.57. The quantitative estimate of drug-likeness (QED) is 0.172. The number of carbonyl (C=O) groups excluding carboxylic acids is 4. The smallest absolute Gasteiger partial charge is 0.307 e. The summed E-state index contributed by atoms with van der Waals surface area (Å²) in [5.74, 6) is 0.267. The molecule has 4 fully saturated rings. The summed E-state index contributed by atoms with van der Waals surface area (Å²) in [6.07, 6.45) is 7.28. The molecule has 4 saturated carbocycles. The van der Waals surface area contributed by atoms with Crippen LogP contribution < -0.4 is 0 Å². The molecule has 9 nitrogen and oxygen atoms in total. The average molecular weight is 866 g/mol. The Labute approximate surface area is 372 Å². The first kappa shape index (κ1) is 47.9. The second kappa shape index (κ2) is 17.4. The van der Waals surface area contributed by atoms with E-state index in [0.29, 0.717) is 36.4 Å². The summed E-state index contributed by atoms with van der Waals surface area (Å²) >= 11 is 6.29. The number of Topliss-reactive ketones (excluding diaryl/α,β-unsaturated/α-hetero) is 2. The van der Waals surface area contributed by atoms with Crippen molar-refractivity contribution in [3.05, 3.63) is 46.0 Å². The molecule has 0 spiro atoms. The van der Waals surface area contributed by atoms with Crippen molar-refractivity contribution in [1.29, 1.82) is 0 Å². The highest BCUT2D eigenvalue weighted by Crippen LogP contribution is 2.77. The van der Waals surface area contributed by atoms with Crippen molar-refractivity contribution >= 4 is 35.1 Å². The van der Waals surface area contributed by atoms with Gasteiger partial charge in [-0.05, 0) is 134 Å². The van der Waals surface area contributed by atoms with Crippen LogP contribution in [0.3, 0.4) is 0 Å². The normalized spacial score (nSPS) is 33.8. The Hall–Kier alpha value is -2.59. The molecule has 0 radical (unpaired) electrons. The zero-order chi connectivity index (χ0) is 45.1. The molecule has 0 aromatic heterocycles. The highest BCUT2D eigenvalue weighted by Gasteiger charge is 2.71. The van der Waals surface area contributed by atoms with Gasteiger partial charge in [-0.25, -0.2) is 0 Å². The first-order valence-corrected chi connectivity index (χ1v) is 23.6. The van der Waals surface area contributed by atoms with E-state index in [4.69, 9.17) is 21.1 Å². The van der Waals surface area contributed by atoms with Gasteiger partial charge >= 0.3 is 11.9 Å². The summed E-state index contributed by atoms with van der Waals surface area (Å²) in [6.45, 7) is 23.7. The van der Waals surface area contributed by atoms with E-state index in [0.717, 1.165) is 75.6 Å². The van der Waals surface area contributed by atoms with Gasteiger partial charge in [0.2, 0.25) is 0 Å². The van der Waals surface area contributed by atoms with Crippen molar-refractivity contribution in [2.24, 2.45) is 56.2 Å². The van der Waals surface area contributed by atoms with Crippen LogP contribution in [0.2, 0.25) is 5.02 Å². The van der Waals surface area contributed by atoms with Gasteiger partial charge in [0.05, 0.1) is 6.42 Å². The fourth-order valence-electron chi connectivity index (χ4n) is 14.3. The molecule has 0 unspecified atom stereocenters. The topological polar surface area (TPSA) is 113 Å². The third-order valence-electron chi connectivity index (χ3n) is 17.7. The zero-order valence-electron chi connectivity index (χ0n) is 39.5. The molecule has 9 atom stereocenters. The molecule has 5 aliphatic carbocycles. The molecule has 6 rings (SSSR count). The van der Waals surface area contributed by atoms with Gasteiger partial charge < -0.3 is 19.5 Å². The number of aliphatic hydroxyl groups excluding tert-OH is 1. The van der Waals surface area contributed by atoms with E-state index in [-0.39, 0.29) is 69.5 Å². The van der Waals surface area contributed by atoms with E-state index in [9.17, 15) is 24.3 Å². The summed E-state index contributed by atoms with van der Waals surface area (Å²) in [5.41, 5.74) is 1.60. The number of hydrogen-bond donors (Lipinski definition) is 1. The van der Waals surface area contributed by atoms with Crippen LogP contribution in [0.25, 0.3) is 0 Å². The van der Waals surface area contributed by atoms with Crippen LogP contribution >= 0.6 is 11.6 Å². The zero-order valence-corrected chi connectivity index (χ0v) is 40.3. The minimum atomic E-state index is -0.979. The van der Waals surface area contributed by atoms with Crippen molar-refractivity contribution in [2.75, 3.05) is 40.3 Å². The third-order valence-corrected chi connectivity index (χ3v) is 18.0. The summed E-state index contributed by atoms with van der Waals surface area (Å²) in [4.78, 5) is 58.1. The molecule has 1 N–H and O–H groups in total. The second-order valence-electron chi connectivity index (χ2n) is 22.6. The lowest BCUT2D eigenvalue weighted by Crippen LogP contribution is -2.66. The maximum Gasteiger partial charge on any atom is 0.307 e. The molecule has 0 amide bonds. The van der Waals surface area contributed by atoms with E-state index in [1.807, 2.05) is 12.1 Å².